The summed E-state index contributed by atoms with van der Waals surface area (Å²) in [4.78, 5) is 12.3. The Morgan fingerprint density at radius 2 is 1.95 bits per heavy atom. The minimum Gasteiger partial charge on any atom is -0.481 e. The van der Waals surface area contributed by atoms with E-state index in [1.807, 2.05) is 62.4 Å². The molecule has 0 radical (unpaired) electrons. The van der Waals surface area contributed by atoms with Crippen molar-refractivity contribution in [2.24, 2.45) is 0 Å². The topological polar surface area (TPSA) is 38.3 Å². The van der Waals surface area contributed by atoms with Gasteiger partial charge in [-0.25, -0.2) is 0 Å². The van der Waals surface area contributed by atoms with Crippen molar-refractivity contribution < 1.29 is 9.53 Å². The summed E-state index contributed by atoms with van der Waals surface area (Å²) in [6.07, 6.45) is 0.121. The Kier molecular flexibility index (Phi) is 5.61. The highest BCUT2D eigenvalue weighted by atomic mass is 127. The highest BCUT2D eigenvalue weighted by Crippen LogP contribution is 2.19. The van der Waals surface area contributed by atoms with E-state index in [1.54, 1.807) is 0 Å². The quantitative estimate of drug-likeness (QED) is 0.763. The van der Waals surface area contributed by atoms with Crippen LogP contribution >= 0.6 is 22.6 Å². The lowest BCUT2D eigenvalue weighted by Gasteiger charge is -2.18. The fourth-order valence-electron chi connectivity index (χ4n) is 1.97. The minimum absolute atomic E-state index is 0.120. The number of amides is 1. The van der Waals surface area contributed by atoms with Gasteiger partial charge in [-0.2, -0.15) is 0 Å². The fourth-order valence-corrected chi connectivity index (χ4v) is 2.61. The van der Waals surface area contributed by atoms with Crippen LogP contribution < -0.4 is 10.1 Å². The lowest BCUT2D eigenvalue weighted by Crippen LogP contribution is -2.32. The van der Waals surface area contributed by atoms with E-state index in [1.165, 1.54) is 0 Å². The molecule has 0 aliphatic heterocycles. The van der Waals surface area contributed by atoms with Crippen LogP contribution in [-0.4, -0.2) is 12.0 Å². The van der Waals surface area contributed by atoms with Crippen LogP contribution in [-0.2, 0) is 4.79 Å². The number of carbonyl (C=O) groups excluding carboxylic acids is 1. The second kappa shape index (κ2) is 7.45. The molecule has 0 spiro atoms. The van der Waals surface area contributed by atoms with Gasteiger partial charge >= 0.3 is 0 Å². The number of ether oxygens (including phenoxy) is 1. The third-order valence-corrected chi connectivity index (χ3v) is 3.80. The molecule has 21 heavy (non-hydrogen) atoms. The number of anilines is 1. The van der Waals surface area contributed by atoms with E-state index in [4.69, 9.17) is 4.74 Å². The third-order valence-electron chi connectivity index (χ3n) is 3.13. The van der Waals surface area contributed by atoms with Gasteiger partial charge in [-0.1, -0.05) is 25.1 Å². The van der Waals surface area contributed by atoms with E-state index >= 15 is 0 Å². The molecule has 2 rings (SSSR count). The Morgan fingerprint density at radius 1 is 1.24 bits per heavy atom. The first kappa shape index (κ1) is 15.8. The summed E-state index contributed by atoms with van der Waals surface area (Å²) in [7, 11) is 0. The largest absolute Gasteiger partial charge is 0.481 e. The first-order valence-electron chi connectivity index (χ1n) is 6.89. The number of rotatable bonds is 5. The van der Waals surface area contributed by atoms with Crippen LogP contribution in [0.15, 0.2) is 48.5 Å². The van der Waals surface area contributed by atoms with Crippen molar-refractivity contribution in [3.05, 3.63) is 57.7 Å². The molecular weight excluding hydrogens is 377 g/mol. The van der Waals surface area contributed by atoms with Crippen LogP contribution in [0.4, 0.5) is 5.69 Å². The van der Waals surface area contributed by atoms with Crippen LogP contribution in [0.5, 0.6) is 5.75 Å². The van der Waals surface area contributed by atoms with Gasteiger partial charge in [-0.3, -0.25) is 4.79 Å². The fraction of sp³-hybridized carbons (Fsp3) is 0.235. The summed E-state index contributed by atoms with van der Waals surface area (Å²) in [6, 6.07) is 15.3. The van der Waals surface area contributed by atoms with Crippen molar-refractivity contribution in [1.82, 2.24) is 0 Å². The van der Waals surface area contributed by atoms with E-state index in [-0.39, 0.29) is 5.91 Å². The Hall–Kier alpha value is -1.56. The van der Waals surface area contributed by atoms with E-state index in [0.717, 1.165) is 14.8 Å². The molecule has 1 atom stereocenters. The van der Waals surface area contributed by atoms with Gasteiger partial charge in [-0.05, 0) is 71.8 Å². The molecule has 4 heteroatoms. The number of para-hydroxylation sites is 1. The van der Waals surface area contributed by atoms with E-state index in [2.05, 4.69) is 27.9 Å². The van der Waals surface area contributed by atoms with Crippen LogP contribution in [0.2, 0.25) is 0 Å². The molecule has 110 valence electrons. The maximum Gasteiger partial charge on any atom is 0.265 e. The molecule has 0 fully saturated rings. The molecule has 0 saturated heterocycles. The second-order valence-corrected chi connectivity index (χ2v) is 6.02. The minimum atomic E-state index is -0.494. The molecule has 0 aliphatic carbocycles. The molecule has 0 saturated carbocycles. The number of benzene rings is 2. The van der Waals surface area contributed by atoms with Gasteiger partial charge in [0.05, 0.1) is 0 Å². The summed E-state index contributed by atoms with van der Waals surface area (Å²) < 4.78 is 6.90. The number of nitrogens with one attached hydrogen (secondary N) is 1. The van der Waals surface area contributed by atoms with Gasteiger partial charge in [0.25, 0.3) is 5.91 Å². The van der Waals surface area contributed by atoms with Crippen LogP contribution in [0, 0.1) is 10.5 Å². The summed E-state index contributed by atoms with van der Waals surface area (Å²) >= 11 is 2.25. The van der Waals surface area contributed by atoms with Crippen LogP contribution in [0.25, 0.3) is 0 Å². The normalized spacial score (nSPS) is 11.8. The standard InChI is InChI=1S/C17H18INO2/c1-3-16(21-14-7-5-4-6-8-14)17(20)19-15-10-9-13(18)11-12(15)2/h4-11,16H,3H2,1-2H3,(H,19,20)/t16-/m0/s1. The average molecular weight is 395 g/mol. The molecule has 0 bridgehead atoms. The summed E-state index contributed by atoms with van der Waals surface area (Å²) in [6.45, 7) is 3.92. The zero-order valence-corrected chi connectivity index (χ0v) is 14.3. The molecule has 3 nitrogen and oxygen atoms in total. The Balaban J connectivity index is 2.06. The predicted octanol–water partition coefficient (Wildman–Crippen LogP) is 4.40. The summed E-state index contributed by atoms with van der Waals surface area (Å²) in [5.41, 5.74) is 1.88. The van der Waals surface area contributed by atoms with Gasteiger partial charge in [0.15, 0.2) is 6.10 Å². The first-order valence-corrected chi connectivity index (χ1v) is 7.96. The van der Waals surface area contributed by atoms with Crippen molar-refractivity contribution >= 4 is 34.2 Å². The molecular formula is C17H18INO2. The van der Waals surface area contributed by atoms with Crippen molar-refractivity contribution in [2.75, 3.05) is 5.32 Å². The number of aryl methyl sites for hydroxylation is 1. The highest BCUT2D eigenvalue weighted by Gasteiger charge is 2.19. The van der Waals surface area contributed by atoms with Gasteiger partial charge < -0.3 is 10.1 Å². The average Bonchev–Trinajstić information content (AvgIpc) is 2.48. The molecule has 1 N–H and O–H groups in total. The van der Waals surface area contributed by atoms with Crippen LogP contribution in [0.3, 0.4) is 0 Å². The third kappa shape index (κ3) is 4.46. The number of hydrogen-bond donors (Lipinski definition) is 1. The highest BCUT2D eigenvalue weighted by molar-refractivity contribution is 14.1. The summed E-state index contributed by atoms with van der Waals surface area (Å²) in [5.74, 6) is 0.587. The van der Waals surface area contributed by atoms with Crippen LogP contribution in [0.1, 0.15) is 18.9 Å². The molecule has 0 heterocycles. The Bertz CT molecular complexity index is 613. The lowest BCUT2D eigenvalue weighted by molar-refractivity contribution is -0.122. The van der Waals surface area contributed by atoms with E-state index in [9.17, 15) is 4.79 Å². The zero-order chi connectivity index (χ0) is 15.2. The van der Waals surface area contributed by atoms with Gasteiger partial charge in [0, 0.05) is 9.26 Å². The molecule has 2 aromatic carbocycles. The maximum atomic E-state index is 12.3. The van der Waals surface area contributed by atoms with Crippen molar-refractivity contribution in [3.63, 3.8) is 0 Å². The molecule has 0 aliphatic rings. The van der Waals surface area contributed by atoms with E-state index in [0.29, 0.717) is 12.2 Å². The first-order chi connectivity index (χ1) is 10.1. The van der Waals surface area contributed by atoms with Gasteiger partial charge in [0.2, 0.25) is 0 Å². The molecule has 0 aromatic heterocycles. The Morgan fingerprint density at radius 3 is 2.57 bits per heavy atom. The number of hydrogen-bond acceptors (Lipinski definition) is 2. The van der Waals surface area contributed by atoms with Crippen molar-refractivity contribution in [3.8, 4) is 5.75 Å². The summed E-state index contributed by atoms with van der Waals surface area (Å²) in [5, 5.41) is 2.94. The van der Waals surface area contributed by atoms with Gasteiger partial charge in [-0.15, -0.1) is 0 Å². The van der Waals surface area contributed by atoms with E-state index < -0.39 is 6.10 Å². The van der Waals surface area contributed by atoms with Crippen molar-refractivity contribution in [1.29, 1.82) is 0 Å². The number of carbonyl (C=O) groups is 1. The number of halogens is 1. The smallest absolute Gasteiger partial charge is 0.265 e. The Labute approximate surface area is 138 Å². The predicted molar refractivity (Wildman–Crippen MR) is 93.7 cm³/mol. The maximum absolute atomic E-state index is 12.3. The molecule has 1 amide bonds. The monoisotopic (exact) mass is 395 g/mol. The molecule has 0 unspecified atom stereocenters. The second-order valence-electron chi connectivity index (χ2n) is 4.78. The SMILES string of the molecule is CC[C@H](Oc1ccccc1)C(=O)Nc1ccc(I)cc1C. The van der Waals surface area contributed by atoms with Crippen molar-refractivity contribution in [2.45, 2.75) is 26.4 Å². The van der Waals surface area contributed by atoms with Gasteiger partial charge in [0.1, 0.15) is 5.75 Å². The molecule has 2 aromatic rings. The zero-order valence-electron chi connectivity index (χ0n) is 12.1. The lowest BCUT2D eigenvalue weighted by atomic mass is 10.2.